The Kier molecular flexibility index (Phi) is 5.26. The molecule has 4 nitrogen and oxygen atoms in total. The topological polar surface area (TPSA) is 51.3 Å². The number of hydrogen-bond acceptors (Lipinski definition) is 3. The summed E-state index contributed by atoms with van der Waals surface area (Å²) in [5.41, 5.74) is 3.98. The predicted molar refractivity (Wildman–Crippen MR) is 103 cm³/mol. The van der Waals surface area contributed by atoms with E-state index in [-0.39, 0.29) is 18.3 Å². The molecule has 1 aliphatic heterocycles. The Morgan fingerprint density at radius 3 is 2.88 bits per heavy atom. The number of benzene rings is 1. The highest BCUT2D eigenvalue weighted by atomic mass is 79.9. The third-order valence-corrected chi connectivity index (χ3v) is 6.13. The van der Waals surface area contributed by atoms with Crippen molar-refractivity contribution in [3.05, 3.63) is 33.4 Å². The zero-order chi connectivity index (χ0) is 18.2. The predicted octanol–water partition coefficient (Wildman–Crippen LogP) is 5.01. The molecule has 0 amide bonds. The molecular weight excluding hydrogens is 382 g/mol. The average Bonchev–Trinajstić information content (AvgIpc) is 3.00. The van der Waals surface area contributed by atoms with Gasteiger partial charge in [0, 0.05) is 9.86 Å². The number of halogens is 1. The molecule has 2 unspecified atom stereocenters. The molecule has 0 saturated carbocycles. The van der Waals surface area contributed by atoms with E-state index in [1.807, 2.05) is 6.92 Å². The molecule has 0 fully saturated rings. The molecule has 25 heavy (non-hydrogen) atoms. The van der Waals surface area contributed by atoms with Crippen molar-refractivity contribution in [1.82, 2.24) is 4.98 Å². The molecule has 2 atom stereocenters. The lowest BCUT2D eigenvalue weighted by atomic mass is 9.77. The molecule has 1 aromatic heterocycles. The molecule has 3 rings (SSSR count). The first-order valence-electron chi connectivity index (χ1n) is 9.04. The minimum absolute atomic E-state index is 0.197. The number of aromatic nitrogens is 1. The van der Waals surface area contributed by atoms with Crippen molar-refractivity contribution in [3.8, 4) is 0 Å². The highest BCUT2D eigenvalue weighted by Crippen LogP contribution is 2.47. The summed E-state index contributed by atoms with van der Waals surface area (Å²) in [4.78, 5) is 16.0. The summed E-state index contributed by atoms with van der Waals surface area (Å²) in [6.07, 6.45) is 2.01. The Morgan fingerprint density at radius 1 is 1.44 bits per heavy atom. The van der Waals surface area contributed by atoms with Crippen molar-refractivity contribution in [2.75, 3.05) is 13.2 Å². The largest absolute Gasteiger partial charge is 0.466 e. The molecule has 136 valence electrons. The lowest BCUT2D eigenvalue weighted by Gasteiger charge is -2.41. The van der Waals surface area contributed by atoms with Gasteiger partial charge in [0.05, 0.1) is 30.8 Å². The van der Waals surface area contributed by atoms with Crippen molar-refractivity contribution in [3.63, 3.8) is 0 Å². The van der Waals surface area contributed by atoms with Crippen LogP contribution < -0.4 is 0 Å². The van der Waals surface area contributed by atoms with Gasteiger partial charge in [-0.1, -0.05) is 42.3 Å². The fourth-order valence-corrected chi connectivity index (χ4v) is 4.51. The van der Waals surface area contributed by atoms with Crippen LogP contribution in [0.2, 0.25) is 0 Å². The Morgan fingerprint density at radius 2 is 2.20 bits per heavy atom. The lowest BCUT2D eigenvalue weighted by molar-refractivity contribution is -0.160. The summed E-state index contributed by atoms with van der Waals surface area (Å²) < 4.78 is 12.7. The van der Waals surface area contributed by atoms with Crippen LogP contribution in [0.15, 0.2) is 16.6 Å². The van der Waals surface area contributed by atoms with Gasteiger partial charge in [-0.15, -0.1) is 0 Å². The van der Waals surface area contributed by atoms with E-state index in [2.05, 4.69) is 53.8 Å². The van der Waals surface area contributed by atoms with Gasteiger partial charge in [0.1, 0.15) is 5.60 Å². The molecule has 0 saturated heterocycles. The first-order valence-corrected chi connectivity index (χ1v) is 9.83. The smallest absolute Gasteiger partial charge is 0.309 e. The van der Waals surface area contributed by atoms with Gasteiger partial charge < -0.3 is 14.5 Å². The number of H-pyrrole nitrogens is 1. The lowest BCUT2D eigenvalue weighted by Crippen LogP contribution is -2.43. The van der Waals surface area contributed by atoms with Gasteiger partial charge in [-0.25, -0.2) is 0 Å². The van der Waals surface area contributed by atoms with Gasteiger partial charge in [0.15, 0.2) is 0 Å². The van der Waals surface area contributed by atoms with Gasteiger partial charge in [0.25, 0.3) is 0 Å². The number of carbonyl (C=O) groups is 1. The third-order valence-electron chi connectivity index (χ3n) is 5.47. The van der Waals surface area contributed by atoms with Crippen LogP contribution in [0.1, 0.15) is 50.4 Å². The zero-order valence-corrected chi connectivity index (χ0v) is 17.0. The van der Waals surface area contributed by atoms with Gasteiger partial charge in [0.2, 0.25) is 0 Å². The molecule has 2 heterocycles. The fraction of sp³-hybridized carbons (Fsp3) is 0.550. The van der Waals surface area contributed by atoms with Gasteiger partial charge >= 0.3 is 5.97 Å². The van der Waals surface area contributed by atoms with Crippen molar-refractivity contribution >= 4 is 32.8 Å². The first-order chi connectivity index (χ1) is 11.9. The fourth-order valence-electron chi connectivity index (χ4n) is 3.94. The van der Waals surface area contributed by atoms with Crippen LogP contribution >= 0.6 is 15.9 Å². The van der Waals surface area contributed by atoms with E-state index in [0.717, 1.165) is 28.5 Å². The summed E-state index contributed by atoms with van der Waals surface area (Å²) in [5.74, 6) is -0.00630. The number of fused-ring (bicyclic) bond motifs is 3. The van der Waals surface area contributed by atoms with Crippen molar-refractivity contribution in [2.24, 2.45) is 5.92 Å². The normalized spacial score (nSPS) is 21.2. The van der Waals surface area contributed by atoms with E-state index in [9.17, 15) is 4.79 Å². The van der Waals surface area contributed by atoms with E-state index >= 15 is 0 Å². The van der Waals surface area contributed by atoms with E-state index in [0.29, 0.717) is 13.2 Å². The molecule has 1 aromatic carbocycles. The number of aromatic amines is 1. The Balaban J connectivity index is 2.22. The second-order valence-electron chi connectivity index (χ2n) is 6.87. The Hall–Kier alpha value is -1.33. The van der Waals surface area contributed by atoms with Crippen LogP contribution in [0.5, 0.6) is 0 Å². The second-order valence-corrected chi connectivity index (χ2v) is 7.73. The SMILES string of the molecule is CCOC(=O)CC1(C(C)CC)OCCc2c1[nH]c1c(C)ccc(Br)c21. The van der Waals surface area contributed by atoms with Gasteiger partial charge in [-0.2, -0.15) is 0 Å². The number of aryl methyl sites for hydroxylation is 1. The quantitative estimate of drug-likeness (QED) is 0.708. The molecule has 0 spiro atoms. The molecule has 0 aliphatic carbocycles. The van der Waals surface area contributed by atoms with E-state index in [4.69, 9.17) is 9.47 Å². The van der Waals surface area contributed by atoms with E-state index in [1.165, 1.54) is 16.5 Å². The molecule has 0 bridgehead atoms. The van der Waals surface area contributed by atoms with Crippen LogP contribution in [-0.2, 0) is 26.3 Å². The van der Waals surface area contributed by atoms with Crippen molar-refractivity contribution in [1.29, 1.82) is 0 Å². The summed E-state index contributed by atoms with van der Waals surface area (Å²) in [6.45, 7) is 9.24. The van der Waals surface area contributed by atoms with Crippen molar-refractivity contribution < 1.29 is 14.3 Å². The van der Waals surface area contributed by atoms with Crippen LogP contribution in [0.3, 0.4) is 0 Å². The molecule has 2 aromatic rings. The minimum Gasteiger partial charge on any atom is -0.466 e. The summed E-state index contributed by atoms with van der Waals surface area (Å²) in [6, 6.07) is 4.20. The van der Waals surface area contributed by atoms with Gasteiger partial charge in [-0.3, -0.25) is 4.79 Å². The molecule has 0 radical (unpaired) electrons. The van der Waals surface area contributed by atoms with Crippen LogP contribution in [-0.4, -0.2) is 24.2 Å². The second kappa shape index (κ2) is 7.12. The van der Waals surface area contributed by atoms with E-state index < -0.39 is 5.60 Å². The number of carbonyl (C=O) groups excluding carboxylic acids is 1. The standard InChI is InChI=1S/C20H26BrNO3/c1-5-13(4)20(11-16(23)24-6-2)19-14(9-10-25-20)17-15(21)8-7-12(3)18(17)22-19/h7-8,13,22H,5-6,9-11H2,1-4H3. The highest BCUT2D eigenvalue weighted by Gasteiger charge is 2.46. The van der Waals surface area contributed by atoms with Crippen molar-refractivity contribution in [2.45, 2.75) is 52.6 Å². The Labute approximate surface area is 157 Å². The third kappa shape index (κ3) is 3.02. The Bertz CT molecular complexity index is 798. The molecular formula is C20H26BrNO3. The monoisotopic (exact) mass is 407 g/mol. The maximum atomic E-state index is 12.4. The number of rotatable bonds is 5. The summed E-state index contributed by atoms with van der Waals surface area (Å²) in [5, 5.41) is 1.22. The summed E-state index contributed by atoms with van der Waals surface area (Å²) in [7, 11) is 0. The van der Waals surface area contributed by atoms with Crippen LogP contribution in [0.4, 0.5) is 0 Å². The number of esters is 1. The average molecular weight is 408 g/mol. The van der Waals surface area contributed by atoms with Gasteiger partial charge in [-0.05, 0) is 43.4 Å². The van der Waals surface area contributed by atoms with Crippen LogP contribution in [0, 0.1) is 12.8 Å². The van der Waals surface area contributed by atoms with Crippen LogP contribution in [0.25, 0.3) is 10.9 Å². The number of ether oxygens (including phenoxy) is 2. The maximum absolute atomic E-state index is 12.4. The molecule has 1 aliphatic rings. The zero-order valence-electron chi connectivity index (χ0n) is 15.4. The molecule has 5 heteroatoms. The maximum Gasteiger partial charge on any atom is 0.309 e. The first kappa shape index (κ1) is 18.5. The molecule has 1 N–H and O–H groups in total. The minimum atomic E-state index is -0.653. The number of nitrogens with one attached hydrogen (secondary N) is 1. The summed E-state index contributed by atoms with van der Waals surface area (Å²) >= 11 is 3.70. The highest BCUT2D eigenvalue weighted by molar-refractivity contribution is 9.10. The number of hydrogen-bond donors (Lipinski definition) is 1. The van der Waals surface area contributed by atoms with E-state index in [1.54, 1.807) is 0 Å².